The largest absolute Gasteiger partial charge is 0.462 e. The quantitative estimate of drug-likeness (QED) is 0.0847. The molecule has 0 bridgehead atoms. The molecule has 0 aromatic heterocycles. The van der Waals surface area contributed by atoms with Crippen LogP contribution in [0.2, 0.25) is 0 Å². The van der Waals surface area contributed by atoms with Gasteiger partial charge in [0.05, 0.1) is 32.0 Å². The lowest BCUT2D eigenvalue weighted by atomic mass is 9.33. The smallest absolute Gasteiger partial charge is 0.331 e. The van der Waals surface area contributed by atoms with Gasteiger partial charge in [0, 0.05) is 6.08 Å². The van der Waals surface area contributed by atoms with Crippen LogP contribution in [0, 0.1) is 50.2 Å². The summed E-state index contributed by atoms with van der Waals surface area (Å²) in [6.45, 7) is 13.8. The molecule has 9 rings (SSSR count). The Morgan fingerprint density at radius 2 is 1.30 bits per heavy atom. The average molecular weight is 1080 g/mol. The zero-order valence-electron chi connectivity index (χ0n) is 44.6. The summed E-state index contributed by atoms with van der Waals surface area (Å²) in [6.07, 6.45) is -14.0. The SMILES string of the molecule is CC1(C)CC[C@]2(C(=O)O[C@@H]3OC[C@@H](O)[C@@H](O[C@@H]4O[C@H](CO)[C@@H](O)[C@H](O)[C@H]4O)[C@@H]3OC(=O)/C=C/c3ccc(O[C@@H]4O[C@H](CO)[C@@H](O)[C@H](O)[C@H]4O)cc3)[C@H](O)C[C@]3(C)C(=CC[C@@H]4[C@@]5(C)CC[C@H](O)C(C)(C)[C@@H]5CC[C@]43C)[C@@H]2C1. The normalized spacial score (nSPS) is 47.8. The van der Waals surface area contributed by atoms with Gasteiger partial charge in [0.15, 0.2) is 12.4 Å². The van der Waals surface area contributed by atoms with Crippen molar-refractivity contribution in [3.8, 4) is 5.75 Å². The molecule has 20 nitrogen and oxygen atoms in total. The summed E-state index contributed by atoms with van der Waals surface area (Å²) in [6, 6.07) is 6.00. The standard InChI is InChI=1S/C56H82O20/c1-51(2)20-21-56(30(22-51)29-13-14-35-53(5)18-17-36(60)52(3,4)34(53)16-19-54(35,6)55(29,7)23-37(56)61)50(69)76-49-46(45(31(59)26-70-49)75-48-44(68)42(66)40(64)33(25-58)73-48)74-38(62)15-10-27-8-11-28(12-9-27)71-47-43(67)41(65)39(63)32(24-57)72-47/h8-13,15,30-37,39-49,57-61,63-68H,14,16-26H2,1-7H3/b15-10+/t30-,31+,32+,33+,34-,35+,36-,37+,39+,40+,41-,42-,43+,44+,45+,46-,47+,48-,49-,53-,54+,55+,56+/m0/s1. The van der Waals surface area contributed by atoms with Crippen molar-refractivity contribution >= 4 is 18.0 Å². The first-order chi connectivity index (χ1) is 35.7. The van der Waals surface area contributed by atoms with E-state index in [1.807, 2.05) is 0 Å². The van der Waals surface area contributed by atoms with E-state index in [1.165, 1.54) is 30.3 Å². The summed E-state index contributed by atoms with van der Waals surface area (Å²) < 4.78 is 41.2. The van der Waals surface area contributed by atoms with E-state index in [2.05, 4.69) is 54.5 Å². The zero-order chi connectivity index (χ0) is 55.2. The fourth-order valence-corrected chi connectivity index (χ4v) is 15.7. The van der Waals surface area contributed by atoms with E-state index in [0.29, 0.717) is 24.3 Å². The number of aliphatic hydroxyl groups excluding tert-OH is 11. The van der Waals surface area contributed by atoms with Gasteiger partial charge in [-0.3, -0.25) is 4.79 Å². The highest BCUT2D eigenvalue weighted by Gasteiger charge is 2.72. The van der Waals surface area contributed by atoms with Crippen LogP contribution in [-0.2, 0) is 38.0 Å². The van der Waals surface area contributed by atoms with Gasteiger partial charge in [-0.15, -0.1) is 0 Å². The number of rotatable bonds is 11. The van der Waals surface area contributed by atoms with Crippen molar-refractivity contribution < 1.29 is 98.9 Å². The first-order valence-electron chi connectivity index (χ1n) is 27.2. The van der Waals surface area contributed by atoms with Gasteiger partial charge in [0.25, 0.3) is 0 Å². The molecule has 20 heteroatoms. The molecule has 0 spiro atoms. The van der Waals surface area contributed by atoms with E-state index in [0.717, 1.165) is 43.8 Å². The predicted molar refractivity (Wildman–Crippen MR) is 267 cm³/mol. The minimum Gasteiger partial charge on any atom is -0.462 e. The van der Waals surface area contributed by atoms with Crippen LogP contribution in [0.25, 0.3) is 6.08 Å². The first-order valence-corrected chi connectivity index (χ1v) is 27.2. The van der Waals surface area contributed by atoms with Crippen LogP contribution in [0.3, 0.4) is 0 Å². The summed E-state index contributed by atoms with van der Waals surface area (Å²) in [7, 11) is 0. The molecule has 1 aromatic rings. The third kappa shape index (κ3) is 9.59. The Labute approximate surface area is 443 Å². The molecule has 8 aliphatic rings. The Bertz CT molecular complexity index is 2320. The Balaban J connectivity index is 0.993. The van der Waals surface area contributed by atoms with Crippen LogP contribution in [0.15, 0.2) is 42.0 Å². The number of carbonyl (C=O) groups is 2. The van der Waals surface area contributed by atoms with Crippen molar-refractivity contribution in [3.63, 3.8) is 0 Å². The number of hydrogen-bond acceptors (Lipinski definition) is 20. The van der Waals surface area contributed by atoms with Crippen LogP contribution < -0.4 is 4.74 Å². The molecule has 0 amide bonds. The maximum Gasteiger partial charge on any atom is 0.331 e. The van der Waals surface area contributed by atoms with E-state index in [1.54, 1.807) is 0 Å². The van der Waals surface area contributed by atoms with E-state index < -0.39 is 141 Å². The minimum atomic E-state index is -1.92. The number of allylic oxidation sites excluding steroid dienone is 2. The molecular formula is C56H82O20. The Morgan fingerprint density at radius 1 is 0.671 bits per heavy atom. The Morgan fingerprint density at radius 3 is 1.95 bits per heavy atom. The number of hydrogen-bond donors (Lipinski definition) is 11. The summed E-state index contributed by atoms with van der Waals surface area (Å²) in [5.74, 6) is -1.56. The molecule has 7 fully saturated rings. The highest BCUT2D eigenvalue weighted by molar-refractivity contribution is 5.87. The Hall–Kier alpha value is -3.16. The van der Waals surface area contributed by atoms with Crippen LogP contribution in [0.1, 0.15) is 112 Å². The number of esters is 2. The first kappa shape index (κ1) is 57.5. The third-order valence-corrected chi connectivity index (χ3v) is 20.5. The van der Waals surface area contributed by atoms with Crippen LogP contribution in [0.5, 0.6) is 5.75 Å². The molecular weight excluding hydrogens is 993 g/mol. The summed E-state index contributed by atoms with van der Waals surface area (Å²) >= 11 is 0. The lowest BCUT2D eigenvalue weighted by Gasteiger charge is -2.71. The van der Waals surface area contributed by atoms with Crippen LogP contribution in [-0.4, -0.2) is 186 Å². The van der Waals surface area contributed by atoms with Gasteiger partial charge in [0.2, 0.25) is 12.6 Å². The van der Waals surface area contributed by atoms with Crippen molar-refractivity contribution in [3.05, 3.63) is 47.6 Å². The maximum atomic E-state index is 15.5. The summed E-state index contributed by atoms with van der Waals surface area (Å²) in [5, 5.41) is 118. The predicted octanol–water partition coefficient (Wildman–Crippen LogP) is 1.37. The molecule has 23 atom stereocenters. The number of aliphatic hydroxyl groups is 11. The van der Waals surface area contributed by atoms with Crippen molar-refractivity contribution in [1.82, 2.24) is 0 Å². The highest BCUT2D eigenvalue weighted by Crippen LogP contribution is 2.76. The van der Waals surface area contributed by atoms with E-state index in [4.69, 9.17) is 33.2 Å². The molecule has 11 N–H and O–H groups in total. The molecule has 3 heterocycles. The molecule has 3 aliphatic heterocycles. The number of ether oxygens (including phenoxy) is 7. The van der Waals surface area contributed by atoms with E-state index >= 15 is 4.79 Å². The monoisotopic (exact) mass is 1070 g/mol. The van der Waals surface area contributed by atoms with Crippen LogP contribution in [0.4, 0.5) is 0 Å². The number of benzene rings is 1. The summed E-state index contributed by atoms with van der Waals surface area (Å²) in [5.41, 5.74) is -1.23. The van der Waals surface area contributed by atoms with Gasteiger partial charge in [0.1, 0.15) is 72.2 Å². The molecule has 3 saturated heterocycles. The molecule has 426 valence electrons. The van der Waals surface area contributed by atoms with Gasteiger partial charge in [-0.2, -0.15) is 0 Å². The van der Waals surface area contributed by atoms with Gasteiger partial charge < -0.3 is 89.3 Å². The molecule has 4 saturated carbocycles. The zero-order valence-corrected chi connectivity index (χ0v) is 44.6. The minimum absolute atomic E-state index is 0.0660. The number of fused-ring (bicyclic) bond motifs is 7. The van der Waals surface area contributed by atoms with E-state index in [9.17, 15) is 61.0 Å². The lowest BCUT2D eigenvalue weighted by molar-refractivity contribution is -0.347. The molecule has 1 aromatic carbocycles. The lowest BCUT2D eigenvalue weighted by Crippen LogP contribution is -2.68. The maximum absolute atomic E-state index is 15.5. The van der Waals surface area contributed by atoms with Crippen LogP contribution >= 0.6 is 0 Å². The third-order valence-electron chi connectivity index (χ3n) is 20.5. The topological polar surface area (TPSA) is 321 Å². The summed E-state index contributed by atoms with van der Waals surface area (Å²) in [4.78, 5) is 29.4. The molecule has 5 aliphatic carbocycles. The van der Waals surface area contributed by atoms with Crippen molar-refractivity contribution in [2.24, 2.45) is 50.2 Å². The number of carbonyl (C=O) groups excluding carboxylic acids is 2. The highest BCUT2D eigenvalue weighted by atomic mass is 16.8. The van der Waals surface area contributed by atoms with E-state index in [-0.39, 0.29) is 52.3 Å². The van der Waals surface area contributed by atoms with Gasteiger partial charge in [-0.25, -0.2) is 4.79 Å². The average Bonchev–Trinajstić information content (AvgIpc) is 3.46. The molecule has 0 unspecified atom stereocenters. The fraction of sp³-hybridized carbons (Fsp3) is 0.786. The fourth-order valence-electron chi connectivity index (χ4n) is 15.7. The van der Waals surface area contributed by atoms with Gasteiger partial charge in [-0.05, 0) is 126 Å². The Kier molecular flexibility index (Phi) is 15.9. The molecule has 76 heavy (non-hydrogen) atoms. The second kappa shape index (κ2) is 21.1. The van der Waals surface area contributed by atoms with Crippen molar-refractivity contribution in [2.75, 3.05) is 19.8 Å². The van der Waals surface area contributed by atoms with Crippen molar-refractivity contribution in [1.29, 1.82) is 0 Å². The molecule has 0 radical (unpaired) electrons. The van der Waals surface area contributed by atoms with Gasteiger partial charge in [-0.1, -0.05) is 72.2 Å². The second-order valence-corrected chi connectivity index (χ2v) is 25.4. The van der Waals surface area contributed by atoms with Gasteiger partial charge >= 0.3 is 11.9 Å². The second-order valence-electron chi connectivity index (χ2n) is 25.4. The van der Waals surface area contributed by atoms with Crippen molar-refractivity contribution in [2.45, 2.75) is 204 Å².